The van der Waals surface area contributed by atoms with E-state index in [1.54, 1.807) is 13.0 Å². The Labute approximate surface area is 88.2 Å². The summed E-state index contributed by atoms with van der Waals surface area (Å²) in [7, 11) is 0. The van der Waals surface area contributed by atoms with E-state index in [4.69, 9.17) is 9.84 Å². The summed E-state index contributed by atoms with van der Waals surface area (Å²) in [6.07, 6.45) is 6.53. The van der Waals surface area contributed by atoms with Gasteiger partial charge in [-0.25, -0.2) is 4.79 Å². The lowest BCUT2D eigenvalue weighted by Crippen LogP contribution is -2.04. The van der Waals surface area contributed by atoms with E-state index in [1.807, 2.05) is 0 Å². The molecule has 0 bridgehead atoms. The number of aliphatic hydroxyl groups is 2. The standard InChI is InChI=1S/C11H14O4/c1-2-15-11(14)6-4-8-3-5-9(12)10(13)7-8/h4-8,12-13H,2-3H2,1H3/b6-4+. The minimum Gasteiger partial charge on any atom is -0.504 e. The molecule has 1 aliphatic rings. The molecule has 1 aliphatic carbocycles. The Bertz CT molecular complexity index is 325. The Morgan fingerprint density at radius 2 is 2.33 bits per heavy atom. The van der Waals surface area contributed by atoms with Gasteiger partial charge in [-0.05, 0) is 25.5 Å². The zero-order valence-corrected chi connectivity index (χ0v) is 8.51. The first-order valence-corrected chi connectivity index (χ1v) is 4.78. The van der Waals surface area contributed by atoms with Gasteiger partial charge in [-0.1, -0.05) is 6.08 Å². The molecular formula is C11H14O4. The summed E-state index contributed by atoms with van der Waals surface area (Å²) in [4.78, 5) is 11.0. The fourth-order valence-corrected chi connectivity index (χ4v) is 1.24. The van der Waals surface area contributed by atoms with Crippen LogP contribution < -0.4 is 0 Å². The fraction of sp³-hybridized carbons (Fsp3) is 0.364. The molecule has 2 N–H and O–H groups in total. The Hall–Kier alpha value is -1.71. The van der Waals surface area contributed by atoms with Crippen molar-refractivity contribution < 1.29 is 19.7 Å². The Morgan fingerprint density at radius 3 is 2.93 bits per heavy atom. The number of aliphatic hydroxyl groups excluding tert-OH is 2. The van der Waals surface area contributed by atoms with Crippen molar-refractivity contribution in [3.8, 4) is 0 Å². The molecule has 0 amide bonds. The molecule has 0 saturated carbocycles. The van der Waals surface area contributed by atoms with Gasteiger partial charge in [0, 0.05) is 12.0 Å². The van der Waals surface area contributed by atoms with E-state index < -0.39 is 5.97 Å². The Morgan fingerprint density at radius 1 is 1.60 bits per heavy atom. The van der Waals surface area contributed by atoms with Crippen molar-refractivity contribution in [3.05, 3.63) is 35.8 Å². The van der Waals surface area contributed by atoms with E-state index in [-0.39, 0.29) is 17.4 Å². The Kier molecular flexibility index (Phi) is 3.97. The maximum Gasteiger partial charge on any atom is 0.330 e. The lowest BCUT2D eigenvalue weighted by molar-refractivity contribution is -0.137. The molecule has 0 aromatic carbocycles. The zero-order valence-electron chi connectivity index (χ0n) is 8.51. The molecule has 1 atom stereocenters. The molecule has 4 heteroatoms. The fourth-order valence-electron chi connectivity index (χ4n) is 1.24. The van der Waals surface area contributed by atoms with E-state index in [1.165, 1.54) is 18.2 Å². The van der Waals surface area contributed by atoms with Crippen LogP contribution in [0.5, 0.6) is 0 Å². The first kappa shape index (κ1) is 11.4. The van der Waals surface area contributed by atoms with Crippen molar-refractivity contribution in [3.63, 3.8) is 0 Å². The van der Waals surface area contributed by atoms with Gasteiger partial charge in [0.15, 0.2) is 11.5 Å². The highest BCUT2D eigenvalue weighted by Crippen LogP contribution is 2.20. The number of hydrogen-bond acceptors (Lipinski definition) is 4. The zero-order chi connectivity index (χ0) is 11.3. The van der Waals surface area contributed by atoms with Gasteiger partial charge in [0.05, 0.1) is 6.61 Å². The van der Waals surface area contributed by atoms with Crippen LogP contribution in [0.1, 0.15) is 13.3 Å². The number of rotatable bonds is 3. The average Bonchev–Trinajstić information content (AvgIpc) is 2.20. The van der Waals surface area contributed by atoms with Crippen LogP contribution in [0.15, 0.2) is 35.8 Å². The van der Waals surface area contributed by atoms with Crippen LogP contribution in [0.25, 0.3) is 0 Å². The third kappa shape index (κ3) is 3.50. The van der Waals surface area contributed by atoms with E-state index in [0.29, 0.717) is 13.0 Å². The quantitative estimate of drug-likeness (QED) is 0.552. The van der Waals surface area contributed by atoms with Gasteiger partial charge < -0.3 is 14.9 Å². The van der Waals surface area contributed by atoms with Gasteiger partial charge in [-0.3, -0.25) is 0 Å². The van der Waals surface area contributed by atoms with Gasteiger partial charge in [-0.2, -0.15) is 0 Å². The topological polar surface area (TPSA) is 66.8 Å². The first-order valence-electron chi connectivity index (χ1n) is 4.78. The van der Waals surface area contributed by atoms with Crippen LogP contribution in [0.2, 0.25) is 0 Å². The lowest BCUT2D eigenvalue weighted by atomic mass is 9.98. The third-order valence-electron chi connectivity index (χ3n) is 1.98. The van der Waals surface area contributed by atoms with Crippen molar-refractivity contribution in [1.82, 2.24) is 0 Å². The summed E-state index contributed by atoms with van der Waals surface area (Å²) in [6, 6.07) is 0. The summed E-state index contributed by atoms with van der Waals surface area (Å²) in [5.41, 5.74) is 0. The largest absolute Gasteiger partial charge is 0.504 e. The highest BCUT2D eigenvalue weighted by Gasteiger charge is 2.11. The average molecular weight is 210 g/mol. The van der Waals surface area contributed by atoms with Crippen molar-refractivity contribution in [2.75, 3.05) is 6.61 Å². The maximum absolute atomic E-state index is 11.0. The maximum atomic E-state index is 11.0. The second-order valence-corrected chi connectivity index (χ2v) is 3.15. The number of esters is 1. The molecule has 0 aromatic heterocycles. The second-order valence-electron chi connectivity index (χ2n) is 3.15. The summed E-state index contributed by atoms with van der Waals surface area (Å²) in [6.45, 7) is 2.08. The van der Waals surface area contributed by atoms with Crippen LogP contribution in [-0.4, -0.2) is 22.8 Å². The molecule has 0 radical (unpaired) electrons. The summed E-state index contributed by atoms with van der Waals surface area (Å²) in [5, 5.41) is 18.3. The molecule has 0 fully saturated rings. The van der Waals surface area contributed by atoms with Crippen molar-refractivity contribution in [1.29, 1.82) is 0 Å². The summed E-state index contributed by atoms with van der Waals surface area (Å²) >= 11 is 0. The third-order valence-corrected chi connectivity index (χ3v) is 1.98. The van der Waals surface area contributed by atoms with E-state index in [9.17, 15) is 9.90 Å². The minimum absolute atomic E-state index is 0.0784. The minimum atomic E-state index is -0.399. The van der Waals surface area contributed by atoms with Crippen LogP contribution in [-0.2, 0) is 9.53 Å². The van der Waals surface area contributed by atoms with Gasteiger partial charge in [0.25, 0.3) is 0 Å². The lowest BCUT2D eigenvalue weighted by Gasteiger charge is -2.11. The summed E-state index contributed by atoms with van der Waals surface area (Å²) < 4.78 is 4.71. The number of carbonyl (C=O) groups excluding carboxylic acids is 1. The Balaban J connectivity index is 2.52. The molecule has 0 aliphatic heterocycles. The number of hydrogen-bond donors (Lipinski definition) is 2. The highest BCUT2D eigenvalue weighted by atomic mass is 16.5. The molecule has 1 rings (SSSR count). The smallest absolute Gasteiger partial charge is 0.330 e. The molecule has 0 spiro atoms. The van der Waals surface area contributed by atoms with Gasteiger partial charge >= 0.3 is 5.97 Å². The van der Waals surface area contributed by atoms with Crippen molar-refractivity contribution >= 4 is 5.97 Å². The molecule has 82 valence electrons. The number of carbonyl (C=O) groups is 1. The molecule has 15 heavy (non-hydrogen) atoms. The highest BCUT2D eigenvalue weighted by molar-refractivity contribution is 5.81. The van der Waals surface area contributed by atoms with Gasteiger partial charge in [0.1, 0.15) is 0 Å². The molecule has 0 aromatic rings. The van der Waals surface area contributed by atoms with Gasteiger partial charge in [-0.15, -0.1) is 0 Å². The molecule has 1 unspecified atom stereocenters. The molecular weight excluding hydrogens is 196 g/mol. The van der Waals surface area contributed by atoms with Crippen molar-refractivity contribution in [2.45, 2.75) is 13.3 Å². The monoisotopic (exact) mass is 210 g/mol. The van der Waals surface area contributed by atoms with Gasteiger partial charge in [0.2, 0.25) is 0 Å². The predicted molar refractivity (Wildman–Crippen MR) is 55.3 cm³/mol. The van der Waals surface area contributed by atoms with Crippen molar-refractivity contribution in [2.24, 2.45) is 5.92 Å². The van der Waals surface area contributed by atoms with Crippen LogP contribution in [0.4, 0.5) is 0 Å². The SMILES string of the molecule is CCOC(=O)/C=C/C1C=C(O)C(O)=CC1. The molecule has 4 nitrogen and oxygen atoms in total. The van der Waals surface area contributed by atoms with E-state index in [0.717, 1.165) is 0 Å². The molecule has 0 saturated heterocycles. The first-order chi connectivity index (χ1) is 7.13. The number of ether oxygens (including phenoxy) is 1. The molecule has 0 heterocycles. The van der Waals surface area contributed by atoms with Crippen LogP contribution in [0, 0.1) is 5.92 Å². The predicted octanol–water partition coefficient (Wildman–Crippen LogP) is 2.01. The van der Waals surface area contributed by atoms with Crippen LogP contribution in [0.3, 0.4) is 0 Å². The van der Waals surface area contributed by atoms with E-state index >= 15 is 0 Å². The normalized spacial score (nSPS) is 21.0. The number of allylic oxidation sites excluding steroid dienone is 3. The summed E-state index contributed by atoms with van der Waals surface area (Å²) in [5.74, 6) is -0.745. The van der Waals surface area contributed by atoms with Crippen LogP contribution >= 0.6 is 0 Å². The van der Waals surface area contributed by atoms with E-state index in [2.05, 4.69) is 0 Å². The second kappa shape index (κ2) is 5.24.